The largest absolute Gasteiger partial charge is 0.310 e. The number of para-hydroxylation sites is 1. The summed E-state index contributed by atoms with van der Waals surface area (Å²) < 4.78 is 5.05. The predicted molar refractivity (Wildman–Crippen MR) is 133 cm³/mol. The van der Waals surface area contributed by atoms with Crippen molar-refractivity contribution in [1.29, 1.82) is 0 Å². The number of benzene rings is 2. The van der Waals surface area contributed by atoms with Crippen molar-refractivity contribution in [3.05, 3.63) is 75.7 Å². The van der Waals surface area contributed by atoms with Crippen molar-refractivity contribution in [3.8, 4) is 5.69 Å². The highest BCUT2D eigenvalue weighted by atomic mass is 32.2. The van der Waals surface area contributed by atoms with Gasteiger partial charge in [0.2, 0.25) is 11.7 Å². The second-order valence-electron chi connectivity index (χ2n) is 8.20. The number of nitrogens with zero attached hydrogens (tertiary/aromatic N) is 6. The number of rotatable bonds is 5. The van der Waals surface area contributed by atoms with Gasteiger partial charge in [0, 0.05) is 13.1 Å². The Bertz CT molecular complexity index is 1630. The Morgan fingerprint density at radius 2 is 1.85 bits per heavy atom. The molecular weight excluding hydrogens is 450 g/mol. The molecule has 3 aromatic heterocycles. The number of carbonyl (C=O) groups excluding carboxylic acids is 1. The fourth-order valence-electron chi connectivity index (χ4n) is 4.08. The van der Waals surface area contributed by atoms with Gasteiger partial charge in [-0.25, -0.2) is 4.57 Å². The lowest BCUT2D eigenvalue weighted by Gasteiger charge is -2.13. The van der Waals surface area contributed by atoms with Crippen LogP contribution in [-0.4, -0.2) is 40.6 Å². The van der Waals surface area contributed by atoms with Crippen molar-refractivity contribution in [1.82, 2.24) is 28.9 Å². The molecule has 0 saturated carbocycles. The molecule has 1 N–H and O–H groups in total. The van der Waals surface area contributed by atoms with Crippen LogP contribution in [0.1, 0.15) is 16.8 Å². The van der Waals surface area contributed by atoms with Crippen LogP contribution >= 0.6 is 11.8 Å². The van der Waals surface area contributed by atoms with Crippen LogP contribution in [0.25, 0.3) is 22.4 Å². The van der Waals surface area contributed by atoms with Gasteiger partial charge in [-0.1, -0.05) is 41.6 Å². The van der Waals surface area contributed by atoms with Crippen LogP contribution in [0.15, 0.2) is 58.5 Å². The van der Waals surface area contributed by atoms with Gasteiger partial charge in [0.25, 0.3) is 5.56 Å². The molecule has 0 saturated heterocycles. The Labute approximate surface area is 199 Å². The van der Waals surface area contributed by atoms with Gasteiger partial charge in [-0.3, -0.25) is 18.7 Å². The standard InChI is InChI=1S/C24H23N7O2S/c1-14-9-10-18(15(2)11-14)30-22(33)17-7-5-6-8-19(17)31-23(30)26-27-24(31)34-13-21(32)25-20-12-16(3)28-29(20)4/h5-12H,13H2,1-4H3,(H,25,32). The highest BCUT2D eigenvalue weighted by molar-refractivity contribution is 7.99. The van der Waals surface area contributed by atoms with Crippen LogP contribution in [0, 0.1) is 20.8 Å². The van der Waals surface area contributed by atoms with E-state index >= 15 is 0 Å². The summed E-state index contributed by atoms with van der Waals surface area (Å²) in [6, 6.07) is 15.1. The average molecular weight is 474 g/mol. The van der Waals surface area contributed by atoms with Gasteiger partial charge in [0.05, 0.1) is 28.0 Å². The summed E-state index contributed by atoms with van der Waals surface area (Å²) in [6.45, 7) is 5.85. The first-order chi connectivity index (χ1) is 16.3. The van der Waals surface area contributed by atoms with E-state index in [1.165, 1.54) is 11.8 Å². The van der Waals surface area contributed by atoms with Gasteiger partial charge in [-0.2, -0.15) is 5.10 Å². The molecule has 0 radical (unpaired) electrons. The SMILES string of the molecule is Cc1ccc(-n2c(=O)c3ccccc3n3c(SCC(=O)Nc4cc(C)nn4C)nnc23)c(C)c1. The quantitative estimate of drug-likeness (QED) is 0.393. The maximum absolute atomic E-state index is 13.5. The summed E-state index contributed by atoms with van der Waals surface area (Å²) in [7, 11) is 1.78. The Hall–Kier alpha value is -3.92. The van der Waals surface area contributed by atoms with Crippen molar-refractivity contribution in [2.24, 2.45) is 7.05 Å². The van der Waals surface area contributed by atoms with E-state index in [0.717, 1.165) is 22.5 Å². The van der Waals surface area contributed by atoms with Crippen LogP contribution in [-0.2, 0) is 11.8 Å². The first-order valence-corrected chi connectivity index (χ1v) is 11.7. The van der Waals surface area contributed by atoms with Crippen molar-refractivity contribution in [2.45, 2.75) is 25.9 Å². The number of thioether (sulfide) groups is 1. The molecular formula is C24H23N7O2S. The predicted octanol–water partition coefficient (Wildman–Crippen LogP) is 3.42. The first-order valence-electron chi connectivity index (χ1n) is 10.7. The van der Waals surface area contributed by atoms with E-state index in [2.05, 4.69) is 20.6 Å². The summed E-state index contributed by atoms with van der Waals surface area (Å²) in [5.41, 5.74) is 4.17. The van der Waals surface area contributed by atoms with Crippen LogP contribution in [0.3, 0.4) is 0 Å². The lowest BCUT2D eigenvalue weighted by Crippen LogP contribution is -2.22. The third kappa shape index (κ3) is 3.75. The number of hydrogen-bond donors (Lipinski definition) is 1. The van der Waals surface area contributed by atoms with Crippen LogP contribution in [0.4, 0.5) is 5.82 Å². The molecule has 0 aliphatic carbocycles. The lowest BCUT2D eigenvalue weighted by atomic mass is 10.1. The number of carbonyl (C=O) groups is 1. The van der Waals surface area contributed by atoms with E-state index in [1.54, 1.807) is 22.4 Å². The number of hydrogen-bond acceptors (Lipinski definition) is 6. The van der Waals surface area contributed by atoms with E-state index in [9.17, 15) is 9.59 Å². The summed E-state index contributed by atoms with van der Waals surface area (Å²) in [5, 5.41) is 16.9. The second-order valence-corrected chi connectivity index (χ2v) is 9.14. The first kappa shape index (κ1) is 21.9. The maximum atomic E-state index is 13.5. The molecule has 0 spiro atoms. The molecule has 0 unspecified atom stereocenters. The number of anilines is 1. The number of fused-ring (bicyclic) bond motifs is 3. The molecule has 0 aliphatic heterocycles. The van der Waals surface area contributed by atoms with Crippen LogP contribution < -0.4 is 10.9 Å². The van der Waals surface area contributed by atoms with E-state index in [1.807, 2.05) is 67.6 Å². The molecule has 3 heterocycles. The zero-order valence-electron chi connectivity index (χ0n) is 19.2. The lowest BCUT2D eigenvalue weighted by molar-refractivity contribution is -0.113. The van der Waals surface area contributed by atoms with Crippen LogP contribution in [0.5, 0.6) is 0 Å². The number of nitrogens with one attached hydrogen (secondary N) is 1. The average Bonchev–Trinajstić information content (AvgIpc) is 3.36. The van der Waals surface area contributed by atoms with E-state index < -0.39 is 0 Å². The van der Waals surface area contributed by atoms with Crippen molar-refractivity contribution in [3.63, 3.8) is 0 Å². The summed E-state index contributed by atoms with van der Waals surface area (Å²) in [6.07, 6.45) is 0. The minimum absolute atomic E-state index is 0.127. The fourth-order valence-corrected chi connectivity index (χ4v) is 4.82. The molecule has 9 nitrogen and oxygen atoms in total. The van der Waals surface area contributed by atoms with E-state index in [0.29, 0.717) is 27.7 Å². The van der Waals surface area contributed by atoms with Gasteiger partial charge in [-0.05, 0) is 44.5 Å². The summed E-state index contributed by atoms with van der Waals surface area (Å²) in [4.78, 5) is 26.1. The molecule has 2 aromatic carbocycles. The van der Waals surface area contributed by atoms with Crippen molar-refractivity contribution < 1.29 is 4.79 Å². The molecule has 34 heavy (non-hydrogen) atoms. The van der Waals surface area contributed by atoms with Crippen LogP contribution in [0.2, 0.25) is 0 Å². The Kier molecular flexibility index (Phi) is 5.45. The minimum Gasteiger partial charge on any atom is -0.310 e. The molecule has 0 aliphatic rings. The van der Waals surface area contributed by atoms with Gasteiger partial charge in [0.15, 0.2) is 5.16 Å². The summed E-state index contributed by atoms with van der Waals surface area (Å²) >= 11 is 1.26. The second kappa shape index (κ2) is 8.45. The molecule has 172 valence electrons. The van der Waals surface area contributed by atoms with Gasteiger partial charge in [-0.15, -0.1) is 10.2 Å². The summed E-state index contributed by atoms with van der Waals surface area (Å²) in [5.74, 6) is 0.975. The molecule has 0 atom stereocenters. The third-order valence-electron chi connectivity index (χ3n) is 5.59. The van der Waals surface area contributed by atoms with E-state index in [4.69, 9.17) is 0 Å². The zero-order chi connectivity index (χ0) is 24.0. The Morgan fingerprint density at radius 1 is 1.06 bits per heavy atom. The minimum atomic E-state index is -0.184. The molecule has 1 amide bonds. The van der Waals surface area contributed by atoms with Crippen molar-refractivity contribution in [2.75, 3.05) is 11.1 Å². The zero-order valence-corrected chi connectivity index (χ0v) is 20.1. The molecule has 0 fully saturated rings. The molecule has 10 heteroatoms. The van der Waals surface area contributed by atoms with Crippen molar-refractivity contribution >= 4 is 40.2 Å². The number of aromatic nitrogens is 6. The molecule has 5 aromatic rings. The smallest absolute Gasteiger partial charge is 0.267 e. The monoisotopic (exact) mass is 473 g/mol. The molecule has 5 rings (SSSR count). The number of amides is 1. The number of aryl methyl sites for hydroxylation is 4. The molecule has 0 bridgehead atoms. The van der Waals surface area contributed by atoms with Gasteiger partial charge < -0.3 is 5.32 Å². The highest BCUT2D eigenvalue weighted by Crippen LogP contribution is 2.24. The van der Waals surface area contributed by atoms with E-state index in [-0.39, 0.29) is 17.2 Å². The normalized spacial score (nSPS) is 11.4. The highest BCUT2D eigenvalue weighted by Gasteiger charge is 2.19. The third-order valence-corrected chi connectivity index (χ3v) is 6.52. The van der Waals surface area contributed by atoms with Gasteiger partial charge >= 0.3 is 0 Å². The topological polar surface area (TPSA) is 99.1 Å². The fraction of sp³-hybridized carbons (Fsp3) is 0.208. The maximum Gasteiger partial charge on any atom is 0.267 e. The Morgan fingerprint density at radius 3 is 2.59 bits per heavy atom. The Balaban J connectivity index is 1.58. The van der Waals surface area contributed by atoms with Gasteiger partial charge in [0.1, 0.15) is 5.82 Å².